The molecule has 0 aliphatic carbocycles. The quantitative estimate of drug-likeness (QED) is 0.857. The van der Waals surface area contributed by atoms with Crippen molar-refractivity contribution in [3.63, 3.8) is 0 Å². The van der Waals surface area contributed by atoms with E-state index in [4.69, 9.17) is 4.74 Å². The highest BCUT2D eigenvalue weighted by molar-refractivity contribution is 7.90. The summed E-state index contributed by atoms with van der Waals surface area (Å²) in [4.78, 5) is 0. The van der Waals surface area contributed by atoms with E-state index in [1.165, 1.54) is 0 Å². The van der Waals surface area contributed by atoms with Gasteiger partial charge in [0.05, 0.1) is 24.5 Å². The van der Waals surface area contributed by atoms with E-state index in [0.29, 0.717) is 5.56 Å². The number of benzene rings is 2. The van der Waals surface area contributed by atoms with Crippen LogP contribution in [0, 0.1) is 0 Å². The summed E-state index contributed by atoms with van der Waals surface area (Å²) < 4.78 is 32.3. The van der Waals surface area contributed by atoms with Crippen molar-refractivity contribution in [3.05, 3.63) is 60.2 Å². The first kappa shape index (κ1) is 18.1. The second-order valence-electron chi connectivity index (χ2n) is 6.65. The van der Waals surface area contributed by atoms with E-state index in [0.717, 1.165) is 11.1 Å². The van der Waals surface area contributed by atoms with E-state index in [1.807, 2.05) is 54.6 Å². The van der Waals surface area contributed by atoms with Crippen molar-refractivity contribution in [2.45, 2.75) is 30.7 Å². The Labute approximate surface area is 148 Å². The van der Waals surface area contributed by atoms with Crippen LogP contribution in [0.4, 0.5) is 0 Å². The Morgan fingerprint density at radius 1 is 1.08 bits per heavy atom. The van der Waals surface area contributed by atoms with Crippen LogP contribution in [0.5, 0.6) is 0 Å². The van der Waals surface area contributed by atoms with Gasteiger partial charge >= 0.3 is 0 Å². The molecule has 0 radical (unpaired) electrons. The van der Waals surface area contributed by atoms with Gasteiger partial charge in [-0.3, -0.25) is 0 Å². The molecule has 6 heteroatoms. The highest BCUT2D eigenvalue weighted by Gasteiger charge is 2.46. The molecule has 0 spiro atoms. The molecule has 1 heterocycles. The Kier molecular flexibility index (Phi) is 4.97. The monoisotopic (exact) mass is 361 g/mol. The van der Waals surface area contributed by atoms with Crippen LogP contribution in [-0.4, -0.2) is 38.0 Å². The van der Waals surface area contributed by atoms with Crippen LogP contribution >= 0.6 is 0 Å². The average Bonchev–Trinajstić information content (AvgIpc) is 2.97. The average molecular weight is 361 g/mol. The zero-order chi connectivity index (χ0) is 18.1. The van der Waals surface area contributed by atoms with Crippen molar-refractivity contribution in [1.82, 2.24) is 4.72 Å². The Hall–Kier alpha value is -1.73. The molecule has 0 saturated carbocycles. The highest BCUT2D eigenvalue weighted by Crippen LogP contribution is 2.33. The summed E-state index contributed by atoms with van der Waals surface area (Å²) >= 11 is 0. The highest BCUT2D eigenvalue weighted by atomic mass is 32.2. The third kappa shape index (κ3) is 3.62. The molecule has 25 heavy (non-hydrogen) atoms. The molecule has 0 bridgehead atoms. The lowest BCUT2D eigenvalue weighted by Crippen LogP contribution is -2.51. The van der Waals surface area contributed by atoms with Crippen molar-refractivity contribution < 1.29 is 18.3 Å². The van der Waals surface area contributed by atoms with Gasteiger partial charge in [0.25, 0.3) is 0 Å². The van der Waals surface area contributed by atoms with Crippen LogP contribution in [0.1, 0.15) is 19.4 Å². The van der Waals surface area contributed by atoms with Gasteiger partial charge in [0.15, 0.2) is 0 Å². The fourth-order valence-corrected chi connectivity index (χ4v) is 3.83. The third-order valence-electron chi connectivity index (χ3n) is 4.60. The van der Waals surface area contributed by atoms with E-state index in [9.17, 15) is 13.5 Å². The molecule has 2 N–H and O–H groups in total. The van der Waals surface area contributed by atoms with Crippen molar-refractivity contribution in [2.75, 3.05) is 13.2 Å². The van der Waals surface area contributed by atoms with Crippen LogP contribution in [0.2, 0.25) is 0 Å². The number of sulfonamides is 1. The third-order valence-corrected chi connectivity index (χ3v) is 6.46. The van der Waals surface area contributed by atoms with Gasteiger partial charge in [-0.15, -0.1) is 0 Å². The fourth-order valence-electron chi connectivity index (χ4n) is 2.90. The van der Waals surface area contributed by atoms with Gasteiger partial charge in [-0.05, 0) is 30.5 Å². The SMILES string of the molecule is CC(C)S(=O)(=O)N[C@@H]1COC[C@@]1(O)c1ccc(-c2ccccc2)cc1. The van der Waals surface area contributed by atoms with Crippen LogP contribution in [0.15, 0.2) is 54.6 Å². The number of hydrogen-bond acceptors (Lipinski definition) is 4. The summed E-state index contributed by atoms with van der Waals surface area (Å²) in [5.41, 5.74) is 1.38. The Morgan fingerprint density at radius 3 is 2.28 bits per heavy atom. The summed E-state index contributed by atoms with van der Waals surface area (Å²) in [6.07, 6.45) is 0. The number of hydrogen-bond donors (Lipinski definition) is 2. The summed E-state index contributed by atoms with van der Waals surface area (Å²) in [6.45, 7) is 3.41. The first-order valence-corrected chi connectivity index (χ1v) is 9.85. The number of ether oxygens (including phenoxy) is 1. The van der Waals surface area contributed by atoms with E-state index in [2.05, 4.69) is 4.72 Å². The topological polar surface area (TPSA) is 75.6 Å². The lowest BCUT2D eigenvalue weighted by molar-refractivity contribution is 0.0121. The maximum Gasteiger partial charge on any atom is 0.214 e. The summed E-state index contributed by atoms with van der Waals surface area (Å²) in [5.74, 6) is 0. The van der Waals surface area contributed by atoms with Gasteiger partial charge in [0, 0.05) is 0 Å². The fraction of sp³-hybridized carbons (Fsp3) is 0.368. The van der Waals surface area contributed by atoms with Gasteiger partial charge in [0.2, 0.25) is 10.0 Å². The van der Waals surface area contributed by atoms with Crippen molar-refractivity contribution >= 4 is 10.0 Å². The lowest BCUT2D eigenvalue weighted by Gasteiger charge is -2.29. The molecule has 1 aliphatic heterocycles. The minimum Gasteiger partial charge on any atom is -0.381 e. The predicted octanol–water partition coefficient (Wildman–Crippen LogP) is 2.27. The second-order valence-corrected chi connectivity index (χ2v) is 8.92. The Bertz CT molecular complexity index is 818. The smallest absolute Gasteiger partial charge is 0.214 e. The molecule has 3 rings (SSSR count). The number of nitrogens with one attached hydrogen (secondary N) is 1. The summed E-state index contributed by atoms with van der Waals surface area (Å²) in [5, 5.41) is 10.5. The normalized spacial score (nSPS) is 23.9. The van der Waals surface area contributed by atoms with E-state index in [1.54, 1.807) is 13.8 Å². The molecule has 1 fully saturated rings. The molecule has 134 valence electrons. The second kappa shape index (κ2) is 6.88. The molecule has 0 amide bonds. The molecule has 2 atom stereocenters. The zero-order valence-electron chi connectivity index (χ0n) is 14.3. The summed E-state index contributed by atoms with van der Waals surface area (Å²) in [7, 11) is -3.50. The molecule has 0 aromatic heterocycles. The number of rotatable bonds is 5. The molecule has 1 aliphatic rings. The van der Waals surface area contributed by atoms with Gasteiger partial charge in [-0.2, -0.15) is 0 Å². The minimum atomic E-state index is -3.50. The van der Waals surface area contributed by atoms with Crippen molar-refractivity contribution in [1.29, 1.82) is 0 Å². The predicted molar refractivity (Wildman–Crippen MR) is 97.6 cm³/mol. The maximum absolute atomic E-state index is 12.2. The van der Waals surface area contributed by atoms with Crippen LogP contribution < -0.4 is 4.72 Å². The zero-order valence-corrected chi connectivity index (χ0v) is 15.2. The van der Waals surface area contributed by atoms with Gasteiger partial charge in [-0.1, -0.05) is 54.6 Å². The Morgan fingerprint density at radius 2 is 1.68 bits per heavy atom. The maximum atomic E-state index is 12.2. The molecule has 1 saturated heterocycles. The molecular weight excluding hydrogens is 338 g/mol. The molecular formula is C19H23NO4S. The van der Waals surface area contributed by atoms with Crippen molar-refractivity contribution in [3.8, 4) is 11.1 Å². The Balaban J connectivity index is 1.86. The first-order valence-electron chi connectivity index (χ1n) is 8.30. The summed E-state index contributed by atoms with van der Waals surface area (Å²) in [6, 6.07) is 16.7. The van der Waals surface area contributed by atoms with E-state index >= 15 is 0 Å². The lowest BCUT2D eigenvalue weighted by atomic mass is 9.88. The minimum absolute atomic E-state index is 0.0585. The largest absolute Gasteiger partial charge is 0.381 e. The van der Waals surface area contributed by atoms with Crippen LogP contribution in [-0.2, 0) is 20.4 Å². The van der Waals surface area contributed by atoms with Gasteiger partial charge < -0.3 is 9.84 Å². The molecule has 0 unspecified atom stereocenters. The van der Waals surface area contributed by atoms with Gasteiger partial charge in [0.1, 0.15) is 5.60 Å². The molecule has 5 nitrogen and oxygen atoms in total. The van der Waals surface area contributed by atoms with Gasteiger partial charge in [-0.25, -0.2) is 13.1 Å². The number of aliphatic hydroxyl groups is 1. The van der Waals surface area contributed by atoms with E-state index < -0.39 is 26.9 Å². The van der Waals surface area contributed by atoms with Crippen LogP contribution in [0.25, 0.3) is 11.1 Å². The standard InChI is InChI=1S/C19H23NO4S/c1-14(2)25(22,23)20-18-12-24-13-19(18,21)17-10-8-16(9-11-17)15-6-4-3-5-7-15/h3-11,14,18,20-21H,12-13H2,1-2H3/t18-,19-/m1/s1. The van der Waals surface area contributed by atoms with Crippen LogP contribution in [0.3, 0.4) is 0 Å². The van der Waals surface area contributed by atoms with Crippen molar-refractivity contribution in [2.24, 2.45) is 0 Å². The first-order chi connectivity index (χ1) is 11.8. The van der Waals surface area contributed by atoms with E-state index in [-0.39, 0.29) is 13.2 Å². The molecule has 2 aromatic rings. The molecule has 2 aromatic carbocycles.